The van der Waals surface area contributed by atoms with E-state index in [1.807, 2.05) is 0 Å². The molecule has 2 aliphatic rings. The summed E-state index contributed by atoms with van der Waals surface area (Å²) in [4.78, 5) is 14.6. The quantitative estimate of drug-likeness (QED) is 0.454. The van der Waals surface area contributed by atoms with E-state index in [0.717, 1.165) is 31.7 Å². The molecule has 0 spiro atoms. The maximum Gasteiger partial charge on any atom is 0.228 e. The van der Waals surface area contributed by atoms with Crippen LogP contribution >= 0.6 is 0 Å². The Hall–Kier alpha value is -1.09. The van der Waals surface area contributed by atoms with Crippen LogP contribution in [0.25, 0.3) is 0 Å². The molecule has 3 nitrogen and oxygen atoms in total. The van der Waals surface area contributed by atoms with E-state index < -0.39 is 14.3 Å². The minimum atomic E-state index is -1.24. The number of aliphatic hydroxyl groups is 1. The molecule has 1 amide bonds. The molecule has 4 heteroatoms. The molecule has 2 rings (SSSR count). The number of aliphatic hydroxyl groups excluding tert-OH is 1. The monoisotopic (exact) mass is 333 g/mol. The van der Waals surface area contributed by atoms with Gasteiger partial charge in [-0.05, 0) is 37.3 Å². The van der Waals surface area contributed by atoms with Gasteiger partial charge in [0.05, 0.1) is 0 Å². The van der Waals surface area contributed by atoms with Crippen LogP contribution in [0.2, 0.25) is 25.7 Å². The van der Waals surface area contributed by atoms with Crippen LogP contribution in [0.4, 0.5) is 0 Å². The molecule has 1 aliphatic heterocycles. The Bertz CT molecular complexity index is 528. The van der Waals surface area contributed by atoms with Crippen molar-refractivity contribution in [2.75, 3.05) is 0 Å². The van der Waals surface area contributed by atoms with Crippen LogP contribution in [-0.2, 0) is 4.79 Å². The molecule has 0 aromatic carbocycles. The number of carbonyl (C=O) groups excluding carboxylic acids is 1. The zero-order valence-electron chi connectivity index (χ0n) is 15.0. The lowest BCUT2D eigenvalue weighted by molar-refractivity contribution is -0.139. The van der Waals surface area contributed by atoms with Gasteiger partial charge in [-0.1, -0.05) is 45.3 Å². The van der Waals surface area contributed by atoms with Gasteiger partial charge in [0.2, 0.25) is 5.91 Å². The molecule has 1 saturated heterocycles. The van der Waals surface area contributed by atoms with Crippen molar-refractivity contribution in [2.45, 2.75) is 70.6 Å². The van der Waals surface area contributed by atoms with Gasteiger partial charge in [0, 0.05) is 26.0 Å². The minimum absolute atomic E-state index is 0.0304. The van der Waals surface area contributed by atoms with E-state index in [1.54, 1.807) is 4.90 Å². The Morgan fingerprint density at radius 1 is 1.43 bits per heavy atom. The molecule has 0 aromatic rings. The lowest BCUT2D eigenvalue weighted by atomic mass is 9.85. The molecule has 1 heterocycles. The molecule has 0 bridgehead atoms. The first-order valence-corrected chi connectivity index (χ1v) is 12.5. The normalized spacial score (nSPS) is 28.5. The second kappa shape index (κ2) is 7.21. The number of amides is 1. The summed E-state index contributed by atoms with van der Waals surface area (Å²) in [6.45, 7) is 13.0. The number of rotatable bonds is 6. The summed E-state index contributed by atoms with van der Waals surface area (Å²) >= 11 is 0. The first-order valence-electron chi connectivity index (χ1n) is 8.81. The van der Waals surface area contributed by atoms with Crippen molar-refractivity contribution in [3.8, 4) is 0 Å². The van der Waals surface area contributed by atoms with E-state index in [-0.39, 0.29) is 23.8 Å². The number of allylic oxidation sites excluding steroid dienone is 2. The summed E-state index contributed by atoms with van der Waals surface area (Å²) in [5.74, 6) is 0.169. The molecule has 1 fully saturated rings. The predicted octanol–water partition coefficient (Wildman–Crippen LogP) is 3.95. The van der Waals surface area contributed by atoms with Gasteiger partial charge >= 0.3 is 0 Å². The number of nitrogens with zero attached hydrogens (tertiary/aromatic N) is 1. The molecule has 1 aliphatic carbocycles. The second-order valence-corrected chi connectivity index (χ2v) is 13.6. The summed E-state index contributed by atoms with van der Waals surface area (Å²) in [6, 6.07) is 1.11. The highest BCUT2D eigenvalue weighted by Gasteiger charge is 2.49. The molecule has 4 unspecified atom stereocenters. The Kier molecular flexibility index (Phi) is 5.72. The average Bonchev–Trinajstić information content (AvgIpc) is 2.75. The minimum Gasteiger partial charge on any atom is -0.373 e. The van der Waals surface area contributed by atoms with E-state index in [0.29, 0.717) is 0 Å². The Morgan fingerprint density at radius 3 is 2.61 bits per heavy atom. The first kappa shape index (κ1) is 18.2. The van der Waals surface area contributed by atoms with Crippen molar-refractivity contribution < 1.29 is 9.90 Å². The van der Waals surface area contributed by atoms with Gasteiger partial charge in [0.15, 0.2) is 0 Å². The van der Waals surface area contributed by atoms with Crippen molar-refractivity contribution in [1.29, 1.82) is 0 Å². The predicted molar refractivity (Wildman–Crippen MR) is 97.7 cm³/mol. The van der Waals surface area contributed by atoms with Gasteiger partial charge in [-0.2, -0.15) is 0 Å². The Balaban J connectivity index is 2.14. The van der Waals surface area contributed by atoms with Gasteiger partial charge in [-0.15, -0.1) is 5.73 Å². The van der Waals surface area contributed by atoms with Gasteiger partial charge in [0.1, 0.15) is 6.23 Å². The van der Waals surface area contributed by atoms with Crippen LogP contribution in [0.5, 0.6) is 0 Å². The molecule has 4 atom stereocenters. The van der Waals surface area contributed by atoms with E-state index >= 15 is 0 Å². The summed E-state index contributed by atoms with van der Waals surface area (Å²) < 4.78 is 0. The topological polar surface area (TPSA) is 40.5 Å². The lowest BCUT2D eigenvalue weighted by Crippen LogP contribution is -2.43. The SMILES string of the molecule is C=C=C(CC(CC)N1C(=O)C2CC=CCC2C1O)C[Si](C)(C)C. The van der Waals surface area contributed by atoms with Crippen LogP contribution in [-0.4, -0.2) is 36.3 Å². The van der Waals surface area contributed by atoms with Crippen LogP contribution in [0.15, 0.2) is 30.0 Å². The maximum atomic E-state index is 12.8. The highest BCUT2D eigenvalue weighted by atomic mass is 28.3. The molecular formula is C19H31NO2Si. The van der Waals surface area contributed by atoms with Gasteiger partial charge < -0.3 is 10.0 Å². The first-order chi connectivity index (χ1) is 10.8. The van der Waals surface area contributed by atoms with Gasteiger partial charge in [-0.3, -0.25) is 4.79 Å². The molecule has 128 valence electrons. The number of carbonyl (C=O) groups is 1. The van der Waals surface area contributed by atoms with Gasteiger partial charge in [-0.25, -0.2) is 0 Å². The van der Waals surface area contributed by atoms with Crippen LogP contribution < -0.4 is 0 Å². The lowest BCUT2D eigenvalue weighted by Gasteiger charge is -2.32. The molecule has 0 aromatic heterocycles. The van der Waals surface area contributed by atoms with Crippen molar-refractivity contribution >= 4 is 14.0 Å². The van der Waals surface area contributed by atoms with E-state index in [4.69, 9.17) is 0 Å². The summed E-state index contributed by atoms with van der Waals surface area (Å²) in [5.41, 5.74) is 4.32. The molecule has 1 N–H and O–H groups in total. The van der Waals surface area contributed by atoms with Gasteiger partial charge in [0.25, 0.3) is 0 Å². The highest BCUT2D eigenvalue weighted by Crippen LogP contribution is 2.40. The smallest absolute Gasteiger partial charge is 0.228 e. The number of hydrogen-bond acceptors (Lipinski definition) is 2. The largest absolute Gasteiger partial charge is 0.373 e. The third-order valence-corrected chi connectivity index (χ3v) is 6.55. The van der Waals surface area contributed by atoms with E-state index in [9.17, 15) is 9.90 Å². The number of likely N-dealkylation sites (tertiary alicyclic amines) is 1. The maximum absolute atomic E-state index is 12.8. The summed E-state index contributed by atoms with van der Waals surface area (Å²) in [7, 11) is -1.24. The molecule has 23 heavy (non-hydrogen) atoms. The van der Waals surface area contributed by atoms with E-state index in [2.05, 4.69) is 51.0 Å². The van der Waals surface area contributed by atoms with Crippen LogP contribution in [0.3, 0.4) is 0 Å². The third kappa shape index (κ3) is 4.06. The van der Waals surface area contributed by atoms with Crippen molar-refractivity contribution in [1.82, 2.24) is 4.90 Å². The van der Waals surface area contributed by atoms with Crippen molar-refractivity contribution in [3.63, 3.8) is 0 Å². The van der Waals surface area contributed by atoms with Crippen molar-refractivity contribution in [3.05, 3.63) is 30.0 Å². The highest BCUT2D eigenvalue weighted by molar-refractivity contribution is 6.76. The number of fused-ring (bicyclic) bond motifs is 1. The zero-order chi connectivity index (χ0) is 17.2. The Labute approximate surface area is 141 Å². The second-order valence-electron chi connectivity index (χ2n) is 8.16. The summed E-state index contributed by atoms with van der Waals surface area (Å²) in [5, 5.41) is 10.7. The van der Waals surface area contributed by atoms with Crippen LogP contribution in [0.1, 0.15) is 32.6 Å². The average molecular weight is 334 g/mol. The Morgan fingerprint density at radius 2 is 2.09 bits per heavy atom. The fourth-order valence-corrected chi connectivity index (χ4v) is 5.49. The standard InChI is InChI=1S/C19H31NO2Si/c1-6-14(13-23(3,4)5)12-15(7-2)20-18(21)16-10-8-9-11-17(16)19(20)22/h8-9,15-18,21H,1,7,10-13H2,2-5H3. The third-order valence-electron chi connectivity index (χ3n) is 5.06. The molecular weight excluding hydrogens is 302 g/mol. The van der Waals surface area contributed by atoms with Crippen molar-refractivity contribution in [2.24, 2.45) is 11.8 Å². The number of hydrogen-bond donors (Lipinski definition) is 1. The fraction of sp³-hybridized carbons (Fsp3) is 0.684. The molecule has 0 saturated carbocycles. The van der Waals surface area contributed by atoms with E-state index in [1.165, 1.54) is 5.57 Å². The molecule has 0 radical (unpaired) electrons. The van der Waals surface area contributed by atoms with Crippen LogP contribution in [0, 0.1) is 11.8 Å². The summed E-state index contributed by atoms with van der Waals surface area (Å²) in [6.07, 6.45) is 6.77. The zero-order valence-corrected chi connectivity index (χ0v) is 16.0. The fourth-order valence-electron chi connectivity index (χ4n) is 3.94.